The lowest BCUT2D eigenvalue weighted by Gasteiger charge is -2.23. The first kappa shape index (κ1) is 19.9. The average Bonchev–Trinajstić information content (AvgIpc) is 3.24. The van der Waals surface area contributed by atoms with E-state index in [4.69, 9.17) is 0 Å². The van der Waals surface area contributed by atoms with Crippen molar-refractivity contribution in [2.24, 2.45) is 0 Å². The number of halogens is 3. The summed E-state index contributed by atoms with van der Waals surface area (Å²) in [5.41, 5.74) is -1.01. The van der Waals surface area contributed by atoms with Crippen LogP contribution in [0.4, 0.5) is 23.1 Å². The standard InChI is InChI=1S/C16H22F3N5O2S/c17-16(18,19)12-11-27-14(20-12)21-15(26)24-7-3-4-22(8-9-24)10-13(25)23-5-1-2-6-23/h11H,1-10H2,(H,20,21,26). The van der Waals surface area contributed by atoms with Crippen LogP contribution in [0.3, 0.4) is 0 Å². The molecule has 1 aromatic rings. The Hall–Kier alpha value is -1.88. The number of anilines is 1. The van der Waals surface area contributed by atoms with Crippen molar-refractivity contribution >= 4 is 28.4 Å². The van der Waals surface area contributed by atoms with E-state index < -0.39 is 17.9 Å². The molecule has 3 amide bonds. The lowest BCUT2D eigenvalue weighted by Crippen LogP contribution is -2.41. The fourth-order valence-corrected chi connectivity index (χ4v) is 3.93. The molecule has 2 aliphatic heterocycles. The lowest BCUT2D eigenvalue weighted by atomic mass is 10.3. The highest BCUT2D eigenvalue weighted by Crippen LogP contribution is 2.31. The van der Waals surface area contributed by atoms with E-state index in [1.54, 1.807) is 4.90 Å². The summed E-state index contributed by atoms with van der Waals surface area (Å²) in [5.74, 6) is 0.118. The Bertz CT molecular complexity index is 675. The van der Waals surface area contributed by atoms with Crippen LogP contribution in [0.15, 0.2) is 5.38 Å². The summed E-state index contributed by atoms with van der Waals surface area (Å²) in [7, 11) is 0. The second-order valence-electron chi connectivity index (χ2n) is 6.67. The molecule has 3 rings (SSSR count). The van der Waals surface area contributed by atoms with Gasteiger partial charge < -0.3 is 9.80 Å². The molecule has 150 valence electrons. The van der Waals surface area contributed by atoms with Crippen molar-refractivity contribution in [1.29, 1.82) is 0 Å². The molecular formula is C16H22F3N5O2S. The van der Waals surface area contributed by atoms with Crippen molar-refractivity contribution in [2.75, 3.05) is 51.1 Å². The Morgan fingerprint density at radius 1 is 1.04 bits per heavy atom. The SMILES string of the molecule is O=C(CN1CCCN(C(=O)Nc2nc(C(F)(F)F)cs2)CC1)N1CCCC1. The fourth-order valence-electron chi connectivity index (χ4n) is 3.22. The molecular weight excluding hydrogens is 383 g/mol. The smallest absolute Gasteiger partial charge is 0.342 e. The number of carbonyl (C=O) groups is 2. The zero-order chi connectivity index (χ0) is 19.4. The molecule has 0 bridgehead atoms. The van der Waals surface area contributed by atoms with Gasteiger partial charge in [0, 0.05) is 44.6 Å². The topological polar surface area (TPSA) is 68.8 Å². The summed E-state index contributed by atoms with van der Waals surface area (Å²) in [5, 5.41) is 3.24. The molecule has 27 heavy (non-hydrogen) atoms. The number of amides is 3. The number of nitrogens with one attached hydrogen (secondary N) is 1. The molecule has 0 aliphatic carbocycles. The number of likely N-dealkylation sites (tertiary alicyclic amines) is 1. The summed E-state index contributed by atoms with van der Waals surface area (Å²) in [6.45, 7) is 4.13. The molecule has 0 saturated carbocycles. The molecule has 0 radical (unpaired) electrons. The number of hydrogen-bond acceptors (Lipinski definition) is 5. The van der Waals surface area contributed by atoms with Crippen LogP contribution in [-0.2, 0) is 11.0 Å². The van der Waals surface area contributed by atoms with Gasteiger partial charge in [-0.2, -0.15) is 13.2 Å². The quantitative estimate of drug-likeness (QED) is 0.838. The monoisotopic (exact) mass is 405 g/mol. The van der Waals surface area contributed by atoms with E-state index >= 15 is 0 Å². The van der Waals surface area contributed by atoms with Gasteiger partial charge in [0.1, 0.15) is 0 Å². The van der Waals surface area contributed by atoms with Gasteiger partial charge in [-0.05, 0) is 19.3 Å². The highest BCUT2D eigenvalue weighted by atomic mass is 32.1. The molecule has 3 heterocycles. The molecule has 0 spiro atoms. The lowest BCUT2D eigenvalue weighted by molar-refractivity contribution is -0.140. The third-order valence-corrected chi connectivity index (χ3v) is 5.46. The summed E-state index contributed by atoms with van der Waals surface area (Å²) >= 11 is 0.747. The summed E-state index contributed by atoms with van der Waals surface area (Å²) in [4.78, 5) is 33.4. The van der Waals surface area contributed by atoms with E-state index in [0.717, 1.165) is 42.6 Å². The van der Waals surface area contributed by atoms with Crippen molar-refractivity contribution < 1.29 is 22.8 Å². The summed E-state index contributed by atoms with van der Waals surface area (Å²) < 4.78 is 37.8. The van der Waals surface area contributed by atoms with Gasteiger partial charge in [0.2, 0.25) is 5.91 Å². The van der Waals surface area contributed by atoms with E-state index in [0.29, 0.717) is 39.1 Å². The van der Waals surface area contributed by atoms with Crippen molar-refractivity contribution in [3.63, 3.8) is 0 Å². The zero-order valence-corrected chi connectivity index (χ0v) is 15.6. The predicted octanol–water partition coefficient (Wildman–Crippen LogP) is 2.32. The Balaban J connectivity index is 1.49. The van der Waals surface area contributed by atoms with Crippen molar-refractivity contribution in [3.05, 3.63) is 11.1 Å². The van der Waals surface area contributed by atoms with Gasteiger partial charge in [0.15, 0.2) is 10.8 Å². The Morgan fingerprint density at radius 2 is 1.74 bits per heavy atom. The van der Waals surface area contributed by atoms with Gasteiger partial charge in [0.25, 0.3) is 0 Å². The van der Waals surface area contributed by atoms with Crippen molar-refractivity contribution in [3.8, 4) is 0 Å². The highest BCUT2D eigenvalue weighted by molar-refractivity contribution is 7.13. The van der Waals surface area contributed by atoms with Crippen LogP contribution in [0.5, 0.6) is 0 Å². The highest BCUT2D eigenvalue weighted by Gasteiger charge is 2.34. The molecule has 0 unspecified atom stereocenters. The largest absolute Gasteiger partial charge is 0.434 e. The van der Waals surface area contributed by atoms with E-state index in [-0.39, 0.29) is 11.0 Å². The summed E-state index contributed by atoms with van der Waals surface area (Å²) in [6.07, 6.45) is -1.73. The number of hydrogen-bond donors (Lipinski definition) is 1. The van der Waals surface area contributed by atoms with Crippen LogP contribution in [0, 0.1) is 0 Å². The van der Waals surface area contributed by atoms with Gasteiger partial charge in [0.05, 0.1) is 6.54 Å². The second-order valence-corrected chi connectivity index (χ2v) is 7.53. The van der Waals surface area contributed by atoms with Crippen LogP contribution >= 0.6 is 11.3 Å². The zero-order valence-electron chi connectivity index (χ0n) is 14.8. The van der Waals surface area contributed by atoms with Gasteiger partial charge in [-0.1, -0.05) is 0 Å². The van der Waals surface area contributed by atoms with Gasteiger partial charge >= 0.3 is 12.2 Å². The Kier molecular flexibility index (Phi) is 6.20. The van der Waals surface area contributed by atoms with Crippen LogP contribution in [0.25, 0.3) is 0 Å². The molecule has 0 aromatic carbocycles. The maximum Gasteiger partial charge on any atom is 0.434 e. The molecule has 2 saturated heterocycles. The van der Waals surface area contributed by atoms with Crippen molar-refractivity contribution in [1.82, 2.24) is 19.7 Å². The first-order valence-corrected chi connectivity index (χ1v) is 9.79. The molecule has 7 nitrogen and oxygen atoms in total. The first-order valence-electron chi connectivity index (χ1n) is 8.92. The molecule has 11 heteroatoms. The molecule has 1 N–H and O–H groups in total. The number of carbonyl (C=O) groups excluding carboxylic acids is 2. The fraction of sp³-hybridized carbons (Fsp3) is 0.688. The van der Waals surface area contributed by atoms with Gasteiger partial charge in [-0.25, -0.2) is 9.78 Å². The molecule has 2 fully saturated rings. The molecule has 1 aromatic heterocycles. The predicted molar refractivity (Wildman–Crippen MR) is 94.6 cm³/mol. The van der Waals surface area contributed by atoms with Crippen LogP contribution in [0.2, 0.25) is 0 Å². The van der Waals surface area contributed by atoms with Crippen LogP contribution < -0.4 is 5.32 Å². The number of nitrogens with zero attached hydrogens (tertiary/aromatic N) is 4. The minimum absolute atomic E-state index is 0.0716. The Morgan fingerprint density at radius 3 is 2.41 bits per heavy atom. The first-order chi connectivity index (χ1) is 12.8. The minimum atomic E-state index is -4.52. The minimum Gasteiger partial charge on any atom is -0.342 e. The molecule has 2 aliphatic rings. The van der Waals surface area contributed by atoms with E-state index in [2.05, 4.69) is 10.3 Å². The number of rotatable bonds is 3. The number of aromatic nitrogens is 1. The number of alkyl halides is 3. The third-order valence-electron chi connectivity index (χ3n) is 4.70. The normalized spacial score (nSPS) is 19.2. The van der Waals surface area contributed by atoms with Crippen LogP contribution in [-0.4, -0.2) is 77.4 Å². The van der Waals surface area contributed by atoms with E-state index in [9.17, 15) is 22.8 Å². The van der Waals surface area contributed by atoms with E-state index in [1.165, 1.54) is 0 Å². The number of urea groups is 1. The Labute approximate surface area is 159 Å². The number of thiazole rings is 1. The van der Waals surface area contributed by atoms with Crippen molar-refractivity contribution in [2.45, 2.75) is 25.4 Å². The maximum absolute atomic E-state index is 12.6. The molecule has 0 atom stereocenters. The average molecular weight is 405 g/mol. The van der Waals surface area contributed by atoms with Gasteiger partial charge in [-0.15, -0.1) is 11.3 Å². The third kappa shape index (κ3) is 5.32. The maximum atomic E-state index is 12.6. The second kappa shape index (κ2) is 8.42. The van der Waals surface area contributed by atoms with Crippen LogP contribution in [0.1, 0.15) is 25.0 Å². The van der Waals surface area contributed by atoms with E-state index in [1.807, 2.05) is 9.80 Å². The van der Waals surface area contributed by atoms with Gasteiger partial charge in [-0.3, -0.25) is 15.0 Å². The summed E-state index contributed by atoms with van der Waals surface area (Å²) in [6, 6.07) is -0.467.